The maximum absolute atomic E-state index is 15.2. The van der Waals surface area contributed by atoms with E-state index in [2.05, 4.69) is 5.32 Å². The molecule has 68 heavy (non-hydrogen) atoms. The van der Waals surface area contributed by atoms with Crippen LogP contribution in [-0.2, 0) is 47.5 Å². The molecular weight excluding hydrogens is 923 g/mol. The second-order valence-corrected chi connectivity index (χ2v) is 22.1. The van der Waals surface area contributed by atoms with Crippen molar-refractivity contribution in [2.75, 3.05) is 24.7 Å². The number of aliphatic hydroxyl groups is 3. The van der Waals surface area contributed by atoms with Gasteiger partial charge < -0.3 is 53.8 Å². The number of esters is 3. The van der Waals surface area contributed by atoms with Crippen LogP contribution in [0.2, 0.25) is 0 Å². The number of Topliss-reactive ketones (excluding diaryl/α,β-unsaturated/α-hetero) is 1. The van der Waals surface area contributed by atoms with Crippen LogP contribution in [0.5, 0.6) is 0 Å². The maximum atomic E-state index is 15.2. The van der Waals surface area contributed by atoms with Crippen molar-refractivity contribution >= 4 is 57.5 Å². The number of alkyl carbamates (subject to hydrolysis) is 1. The summed E-state index contributed by atoms with van der Waals surface area (Å²) < 4.78 is 41.3. The first-order valence-electron chi connectivity index (χ1n) is 22.7. The van der Waals surface area contributed by atoms with Gasteiger partial charge in [0.25, 0.3) is 0 Å². The van der Waals surface area contributed by atoms with Gasteiger partial charge in [-0.15, -0.1) is 0 Å². The lowest BCUT2D eigenvalue weighted by molar-refractivity contribution is -0.346. The minimum Gasteiger partial charge on any atom is -0.455 e. The van der Waals surface area contributed by atoms with Gasteiger partial charge in [-0.2, -0.15) is 0 Å². The van der Waals surface area contributed by atoms with Gasteiger partial charge in [0.1, 0.15) is 48.3 Å². The average Bonchev–Trinajstić information content (AvgIpc) is 3.27. The number of hydrogen-bond acceptors (Lipinski definition) is 18. The third-order valence-electron chi connectivity index (χ3n) is 13.5. The predicted molar refractivity (Wildman–Crippen MR) is 249 cm³/mol. The van der Waals surface area contributed by atoms with Gasteiger partial charge in [0, 0.05) is 36.7 Å². The zero-order valence-corrected chi connectivity index (χ0v) is 41.4. The molecule has 1 heterocycles. The highest BCUT2D eigenvalue weighted by Crippen LogP contribution is 2.64. The van der Waals surface area contributed by atoms with Crippen LogP contribution in [0.1, 0.15) is 104 Å². The van der Waals surface area contributed by atoms with E-state index in [0.29, 0.717) is 11.3 Å². The van der Waals surface area contributed by atoms with Crippen molar-refractivity contribution in [3.63, 3.8) is 0 Å². The molecule has 4 N–H and O–H groups in total. The van der Waals surface area contributed by atoms with E-state index in [1.165, 1.54) is 50.6 Å². The highest BCUT2D eigenvalue weighted by atomic mass is 33.1. The highest BCUT2D eigenvalue weighted by molar-refractivity contribution is 8.76. The van der Waals surface area contributed by atoms with E-state index in [-0.39, 0.29) is 36.3 Å². The van der Waals surface area contributed by atoms with Crippen molar-refractivity contribution in [2.45, 2.75) is 141 Å². The smallest absolute Gasteiger partial charge is 0.455 e. The molecule has 4 aliphatic rings. The van der Waals surface area contributed by atoms with Gasteiger partial charge in [-0.25, -0.2) is 19.2 Å². The molecule has 2 aromatic carbocycles. The lowest BCUT2D eigenvalue weighted by Crippen LogP contribution is -2.81. The Labute approximate surface area is 404 Å². The second-order valence-electron chi connectivity index (χ2n) is 19.4. The molecular formula is C49H63NO16S2. The maximum Gasteiger partial charge on any atom is 0.509 e. The van der Waals surface area contributed by atoms with Crippen molar-refractivity contribution in [3.8, 4) is 0 Å². The lowest BCUT2D eigenvalue weighted by Gasteiger charge is -2.67. The number of carbonyl (C=O) groups is 6. The number of aliphatic hydroxyl groups excluding tert-OH is 2. The zero-order chi connectivity index (χ0) is 50.0. The van der Waals surface area contributed by atoms with E-state index in [0.717, 1.165) is 19.1 Å². The first kappa shape index (κ1) is 52.7. The summed E-state index contributed by atoms with van der Waals surface area (Å²) in [4.78, 5) is 84.4. The van der Waals surface area contributed by atoms with E-state index in [1.807, 2.05) is 6.92 Å². The van der Waals surface area contributed by atoms with Gasteiger partial charge in [0.05, 0.1) is 29.6 Å². The molecule has 2 bridgehead atoms. The number of rotatable bonds is 15. The monoisotopic (exact) mass is 985 g/mol. The van der Waals surface area contributed by atoms with Crippen LogP contribution in [0.3, 0.4) is 0 Å². The van der Waals surface area contributed by atoms with Gasteiger partial charge in [-0.3, -0.25) is 9.59 Å². The number of carbonyl (C=O) groups excluding carboxylic acids is 6. The van der Waals surface area contributed by atoms with E-state index in [9.17, 15) is 39.3 Å². The molecule has 2 saturated carbocycles. The minimum absolute atomic E-state index is 0.0590. The topological polar surface area (TPSA) is 240 Å². The lowest BCUT2D eigenvalue weighted by atomic mass is 9.44. The van der Waals surface area contributed by atoms with E-state index in [4.69, 9.17) is 33.2 Å². The number of hydrogen-bond donors (Lipinski definition) is 4. The fourth-order valence-corrected chi connectivity index (χ4v) is 12.1. The molecule has 372 valence electrons. The first-order chi connectivity index (χ1) is 31.9. The number of benzene rings is 2. The molecule has 0 aromatic heterocycles. The Kier molecular flexibility index (Phi) is 16.1. The van der Waals surface area contributed by atoms with Crippen molar-refractivity contribution < 1.29 is 77.2 Å². The van der Waals surface area contributed by atoms with E-state index in [1.54, 1.807) is 80.1 Å². The van der Waals surface area contributed by atoms with E-state index >= 15 is 4.79 Å². The summed E-state index contributed by atoms with van der Waals surface area (Å²) in [6, 6.07) is 14.5. The van der Waals surface area contributed by atoms with Gasteiger partial charge in [-0.05, 0) is 69.9 Å². The minimum atomic E-state index is -2.43. The van der Waals surface area contributed by atoms with Gasteiger partial charge >= 0.3 is 30.2 Å². The van der Waals surface area contributed by atoms with Crippen LogP contribution >= 0.6 is 21.6 Å². The third-order valence-corrected chi connectivity index (χ3v) is 16.1. The molecule has 1 aliphatic heterocycles. The molecule has 11 atom stereocenters. The summed E-state index contributed by atoms with van der Waals surface area (Å²) in [6.45, 7) is 13.7. The number of ketones is 1. The van der Waals surface area contributed by atoms with Crippen LogP contribution in [0, 0.1) is 16.7 Å². The normalized spacial score (nSPS) is 30.3. The van der Waals surface area contributed by atoms with Crippen LogP contribution in [0.25, 0.3) is 0 Å². The van der Waals surface area contributed by atoms with Crippen LogP contribution in [-0.4, -0.2) is 129 Å². The molecule has 1 amide bonds. The molecule has 2 aromatic rings. The number of amides is 1. The Hall–Kier alpha value is -4.66. The molecule has 1 unspecified atom stereocenters. The largest absolute Gasteiger partial charge is 0.509 e. The summed E-state index contributed by atoms with van der Waals surface area (Å²) in [7, 11) is 3.08. The first-order valence-corrected chi connectivity index (χ1v) is 25.2. The Morgan fingerprint density at radius 2 is 1.57 bits per heavy atom. The Bertz CT molecular complexity index is 2230. The number of fused-ring (bicyclic) bond motifs is 5. The Morgan fingerprint density at radius 3 is 2.16 bits per heavy atom. The number of ether oxygens (including phenoxy) is 7. The molecule has 19 heteroatoms. The van der Waals surface area contributed by atoms with Crippen LogP contribution in [0.15, 0.2) is 71.8 Å². The van der Waals surface area contributed by atoms with Gasteiger partial charge in [-0.1, -0.05) is 90.9 Å². The number of nitrogens with one attached hydrogen (secondary N) is 1. The average molecular weight is 986 g/mol. The fraction of sp³-hybridized carbons (Fsp3) is 0.592. The van der Waals surface area contributed by atoms with Crippen molar-refractivity contribution in [1.82, 2.24) is 5.32 Å². The zero-order valence-electron chi connectivity index (χ0n) is 39.8. The quantitative estimate of drug-likeness (QED) is 0.0510. The highest BCUT2D eigenvalue weighted by Gasteiger charge is 2.78. The second kappa shape index (κ2) is 20.7. The molecule has 0 spiro atoms. The van der Waals surface area contributed by atoms with Crippen LogP contribution < -0.4 is 5.32 Å². The molecule has 1 saturated heterocycles. The summed E-state index contributed by atoms with van der Waals surface area (Å²) in [5.74, 6) is -4.21. The SMILES string of the molecule is CCCSSCCOC(=O)OC(C(=O)O[C@H]1C[C@@]2(O)[C@@H](OC(=O)c3ccccc3)[C@@H]3[C@]4(OC(C)=O)CO[C@@H]4C[C@H](O)[C@@]3(C)C(=O)[C@H](O)C(=C1C)C2(C)C)[C@@H](NC(=O)OC(C)(C)C)c1ccccc1. The van der Waals surface area contributed by atoms with Gasteiger partial charge in [0.15, 0.2) is 11.4 Å². The summed E-state index contributed by atoms with van der Waals surface area (Å²) in [6.07, 6.45) is -12.1. The summed E-state index contributed by atoms with van der Waals surface area (Å²) in [5, 5.41) is 40.7. The van der Waals surface area contributed by atoms with Gasteiger partial charge in [0.2, 0.25) is 6.10 Å². The molecule has 3 fully saturated rings. The Morgan fingerprint density at radius 1 is 0.941 bits per heavy atom. The van der Waals surface area contributed by atoms with E-state index < -0.39 is 119 Å². The fourth-order valence-electron chi connectivity index (χ4n) is 10.2. The van der Waals surface area contributed by atoms with Crippen molar-refractivity contribution in [3.05, 3.63) is 82.9 Å². The summed E-state index contributed by atoms with van der Waals surface area (Å²) >= 11 is 0. The standard InChI is InChI=1S/C49H63NO16S2/c1-10-22-67-68-23-21-60-44(58)63-37(35(29-17-13-11-14-18-29)50-43(57)66-45(4,5)6)42(56)62-31-25-49(59)40(64-41(55)30-19-15-12-16-20-30)38-47(9,39(54)36(53)34(27(31)2)46(49,7)8)32(52)24-33-48(38,26-61-33)65-28(3)51/h11-20,31-33,35-38,40,52-53,59H,10,21-26H2,1-9H3,(H,50,57)/t31-,32-,33+,35-,36+,37?,38-,40-,47+,48-,49+/m0/s1. The molecule has 17 nitrogen and oxygen atoms in total. The Balaban J connectivity index is 1.48. The van der Waals surface area contributed by atoms with Crippen molar-refractivity contribution in [1.29, 1.82) is 0 Å². The molecule has 3 aliphatic carbocycles. The molecule has 6 rings (SSSR count). The summed E-state index contributed by atoms with van der Waals surface area (Å²) in [5.41, 5.74) is -8.57. The van der Waals surface area contributed by atoms with Crippen LogP contribution in [0.4, 0.5) is 9.59 Å². The third kappa shape index (κ3) is 10.3. The molecule has 0 radical (unpaired) electrons. The predicted octanol–water partition coefficient (Wildman–Crippen LogP) is 6.21. The van der Waals surface area contributed by atoms with Crippen molar-refractivity contribution in [2.24, 2.45) is 16.7 Å².